The molecule has 0 bridgehead atoms. The van der Waals surface area contributed by atoms with Gasteiger partial charge in [-0.15, -0.1) is 0 Å². The Morgan fingerprint density at radius 3 is 2.23 bits per heavy atom. The van der Waals surface area contributed by atoms with Crippen molar-refractivity contribution < 1.29 is 14.0 Å². The monoisotopic (exact) mass is 300 g/mol. The number of benzene rings is 2. The first kappa shape index (κ1) is 15.7. The third-order valence-corrected chi connectivity index (χ3v) is 3.33. The van der Waals surface area contributed by atoms with Crippen LogP contribution in [-0.2, 0) is 6.54 Å². The minimum Gasteiger partial charge on any atom is -0.355 e. The summed E-state index contributed by atoms with van der Waals surface area (Å²) in [6.07, 6.45) is 0. The molecule has 5 heteroatoms. The number of hydrogen-bond acceptors (Lipinski definition) is 2. The Morgan fingerprint density at radius 1 is 1.00 bits per heavy atom. The highest BCUT2D eigenvalue weighted by molar-refractivity contribution is 5.94. The molecule has 0 fully saturated rings. The molecule has 2 rings (SSSR count). The maximum atomic E-state index is 13.4. The lowest BCUT2D eigenvalue weighted by atomic mass is 10.1. The van der Waals surface area contributed by atoms with Gasteiger partial charge < -0.3 is 10.6 Å². The Labute approximate surface area is 128 Å². The summed E-state index contributed by atoms with van der Waals surface area (Å²) in [5, 5.41) is 5.26. The number of hydrogen-bond donors (Lipinski definition) is 2. The smallest absolute Gasteiger partial charge is 0.251 e. The van der Waals surface area contributed by atoms with E-state index in [9.17, 15) is 14.0 Å². The molecular formula is C17H17FN2O2. The summed E-state index contributed by atoms with van der Waals surface area (Å²) < 4.78 is 13.4. The van der Waals surface area contributed by atoms with Crippen molar-refractivity contribution in [2.24, 2.45) is 0 Å². The first-order valence-electron chi connectivity index (χ1n) is 6.86. The molecule has 4 nitrogen and oxygen atoms in total. The van der Waals surface area contributed by atoms with Gasteiger partial charge in [0.1, 0.15) is 5.82 Å². The van der Waals surface area contributed by atoms with Crippen LogP contribution in [0, 0.1) is 12.7 Å². The fourth-order valence-corrected chi connectivity index (χ4v) is 1.94. The molecule has 114 valence electrons. The lowest BCUT2D eigenvalue weighted by Crippen LogP contribution is -2.23. The van der Waals surface area contributed by atoms with E-state index in [1.807, 2.05) is 0 Å². The molecule has 0 aromatic heterocycles. The Hall–Kier alpha value is -2.69. The third-order valence-electron chi connectivity index (χ3n) is 3.33. The third kappa shape index (κ3) is 3.69. The predicted molar refractivity (Wildman–Crippen MR) is 82.1 cm³/mol. The van der Waals surface area contributed by atoms with Crippen molar-refractivity contribution in [3.63, 3.8) is 0 Å². The van der Waals surface area contributed by atoms with E-state index < -0.39 is 5.82 Å². The quantitative estimate of drug-likeness (QED) is 0.911. The summed E-state index contributed by atoms with van der Waals surface area (Å²) >= 11 is 0. The summed E-state index contributed by atoms with van der Waals surface area (Å²) in [4.78, 5) is 23.4. The summed E-state index contributed by atoms with van der Waals surface area (Å²) in [5.74, 6) is -0.900. The van der Waals surface area contributed by atoms with Gasteiger partial charge in [0.05, 0.1) is 0 Å². The molecule has 0 aliphatic heterocycles. The Kier molecular flexibility index (Phi) is 4.88. The number of rotatable bonds is 4. The summed E-state index contributed by atoms with van der Waals surface area (Å²) in [7, 11) is 1.57. The first-order chi connectivity index (χ1) is 10.5. The zero-order valence-corrected chi connectivity index (χ0v) is 12.4. The van der Waals surface area contributed by atoms with E-state index in [0.717, 1.165) is 5.56 Å². The van der Waals surface area contributed by atoms with E-state index in [1.165, 1.54) is 6.07 Å². The van der Waals surface area contributed by atoms with Gasteiger partial charge in [0.25, 0.3) is 11.8 Å². The molecular weight excluding hydrogens is 283 g/mol. The van der Waals surface area contributed by atoms with Gasteiger partial charge in [0.15, 0.2) is 0 Å². The van der Waals surface area contributed by atoms with Crippen LogP contribution in [0.25, 0.3) is 0 Å². The minimum absolute atomic E-state index is 0.161. The topological polar surface area (TPSA) is 58.2 Å². The van der Waals surface area contributed by atoms with E-state index in [2.05, 4.69) is 10.6 Å². The zero-order chi connectivity index (χ0) is 16.1. The van der Waals surface area contributed by atoms with Crippen molar-refractivity contribution in [1.29, 1.82) is 0 Å². The highest BCUT2D eigenvalue weighted by Crippen LogP contribution is 2.10. The van der Waals surface area contributed by atoms with Gasteiger partial charge in [-0.05, 0) is 42.3 Å². The van der Waals surface area contributed by atoms with Gasteiger partial charge in [-0.25, -0.2) is 4.39 Å². The predicted octanol–water partition coefficient (Wildman–Crippen LogP) is 2.42. The fraction of sp³-hybridized carbons (Fsp3) is 0.176. The van der Waals surface area contributed by atoms with Crippen LogP contribution in [0.2, 0.25) is 0 Å². The van der Waals surface area contributed by atoms with E-state index >= 15 is 0 Å². The van der Waals surface area contributed by atoms with E-state index in [1.54, 1.807) is 50.4 Å². The van der Waals surface area contributed by atoms with Crippen LogP contribution in [0.5, 0.6) is 0 Å². The lowest BCUT2D eigenvalue weighted by molar-refractivity contribution is 0.0945. The van der Waals surface area contributed by atoms with Gasteiger partial charge in [0, 0.05) is 24.7 Å². The molecule has 22 heavy (non-hydrogen) atoms. The number of amides is 2. The van der Waals surface area contributed by atoms with Crippen molar-refractivity contribution in [2.75, 3.05) is 7.05 Å². The minimum atomic E-state index is -0.400. The van der Waals surface area contributed by atoms with Crippen molar-refractivity contribution >= 4 is 11.8 Å². The number of nitrogens with one attached hydrogen (secondary N) is 2. The molecule has 0 atom stereocenters. The molecule has 0 saturated carbocycles. The van der Waals surface area contributed by atoms with Crippen molar-refractivity contribution in [3.8, 4) is 0 Å². The molecule has 2 N–H and O–H groups in total. The number of carbonyl (C=O) groups excluding carboxylic acids is 2. The first-order valence-corrected chi connectivity index (χ1v) is 6.86. The highest BCUT2D eigenvalue weighted by Gasteiger charge is 2.08. The molecule has 2 amide bonds. The second kappa shape index (κ2) is 6.85. The molecule has 0 saturated heterocycles. The second-order valence-electron chi connectivity index (χ2n) is 4.92. The van der Waals surface area contributed by atoms with Crippen molar-refractivity contribution in [3.05, 3.63) is 70.5 Å². The molecule has 0 heterocycles. The maximum Gasteiger partial charge on any atom is 0.251 e. The second-order valence-corrected chi connectivity index (χ2v) is 4.92. The van der Waals surface area contributed by atoms with Crippen LogP contribution in [0.15, 0.2) is 42.5 Å². The molecule has 2 aromatic rings. The van der Waals surface area contributed by atoms with E-state index in [0.29, 0.717) is 17.7 Å². The van der Waals surface area contributed by atoms with E-state index in [-0.39, 0.29) is 17.4 Å². The number of carbonyl (C=O) groups is 2. The Bertz CT molecular complexity index is 696. The van der Waals surface area contributed by atoms with Crippen LogP contribution < -0.4 is 10.6 Å². The van der Waals surface area contributed by atoms with Crippen molar-refractivity contribution in [2.45, 2.75) is 13.5 Å². The van der Waals surface area contributed by atoms with E-state index in [4.69, 9.17) is 0 Å². The lowest BCUT2D eigenvalue weighted by Gasteiger charge is -2.07. The highest BCUT2D eigenvalue weighted by atomic mass is 19.1. The average molecular weight is 300 g/mol. The van der Waals surface area contributed by atoms with Gasteiger partial charge in [-0.1, -0.05) is 18.2 Å². The number of aryl methyl sites for hydroxylation is 1. The molecule has 0 aliphatic carbocycles. The Morgan fingerprint density at radius 2 is 1.64 bits per heavy atom. The zero-order valence-electron chi connectivity index (χ0n) is 12.4. The van der Waals surface area contributed by atoms with Gasteiger partial charge >= 0.3 is 0 Å². The summed E-state index contributed by atoms with van der Waals surface area (Å²) in [5.41, 5.74) is 2.19. The summed E-state index contributed by atoms with van der Waals surface area (Å²) in [6.45, 7) is 1.95. The fourth-order valence-electron chi connectivity index (χ4n) is 1.94. The molecule has 0 spiro atoms. The normalized spacial score (nSPS) is 10.1. The average Bonchev–Trinajstić information content (AvgIpc) is 2.54. The SMILES string of the molecule is CNC(=O)c1ccc(CNC(=O)c2ccc(C)c(F)c2)cc1. The van der Waals surface area contributed by atoms with Crippen LogP contribution in [0.1, 0.15) is 31.8 Å². The number of halogens is 1. The van der Waals surface area contributed by atoms with Crippen LogP contribution in [-0.4, -0.2) is 18.9 Å². The molecule has 0 radical (unpaired) electrons. The largest absolute Gasteiger partial charge is 0.355 e. The molecule has 2 aromatic carbocycles. The molecule has 0 unspecified atom stereocenters. The van der Waals surface area contributed by atoms with Crippen molar-refractivity contribution in [1.82, 2.24) is 10.6 Å². The van der Waals surface area contributed by atoms with Crippen LogP contribution >= 0.6 is 0 Å². The maximum absolute atomic E-state index is 13.4. The van der Waals surface area contributed by atoms with Crippen LogP contribution in [0.4, 0.5) is 4.39 Å². The van der Waals surface area contributed by atoms with Crippen LogP contribution in [0.3, 0.4) is 0 Å². The van der Waals surface area contributed by atoms with Gasteiger partial charge in [-0.3, -0.25) is 9.59 Å². The van der Waals surface area contributed by atoms with Gasteiger partial charge in [-0.2, -0.15) is 0 Å². The Balaban J connectivity index is 1.98. The molecule has 0 aliphatic rings. The van der Waals surface area contributed by atoms with Gasteiger partial charge in [0.2, 0.25) is 0 Å². The summed E-state index contributed by atoms with van der Waals surface area (Å²) in [6, 6.07) is 11.3. The standard InChI is InChI=1S/C17H17FN2O2/c1-11-3-6-14(9-15(11)18)17(22)20-10-12-4-7-13(8-5-12)16(21)19-2/h3-9H,10H2,1-2H3,(H,19,21)(H,20,22).